The molecule has 9 heteroatoms. The molecule has 2 aliphatic rings. The summed E-state index contributed by atoms with van der Waals surface area (Å²) < 4.78 is 53.3. The van der Waals surface area contributed by atoms with Gasteiger partial charge in [0.1, 0.15) is 15.6 Å². The molecule has 0 bridgehead atoms. The average Bonchev–Trinajstić information content (AvgIpc) is 3.16. The van der Waals surface area contributed by atoms with Gasteiger partial charge in [-0.15, -0.1) is 0 Å². The van der Waals surface area contributed by atoms with Crippen LogP contribution in [0.4, 0.5) is 0 Å². The average molecular weight is 526 g/mol. The number of aryl methyl sites for hydroxylation is 1. The molecule has 4 rings (SSSR count). The molecule has 1 fully saturated rings. The highest BCUT2D eigenvalue weighted by Crippen LogP contribution is 2.33. The summed E-state index contributed by atoms with van der Waals surface area (Å²) in [5.74, 6) is 0.229. The molecular formula is C25H32ClNO5S2. The first-order valence-electron chi connectivity index (χ1n) is 11.7. The normalized spacial score (nSPS) is 23.6. The van der Waals surface area contributed by atoms with E-state index in [4.69, 9.17) is 16.3 Å². The summed E-state index contributed by atoms with van der Waals surface area (Å²) in [6.45, 7) is 3.85. The molecule has 0 saturated carbocycles. The van der Waals surface area contributed by atoms with Crippen LogP contribution in [0, 0.1) is 5.92 Å². The number of benzene rings is 2. The Kier molecular flexibility index (Phi) is 7.62. The van der Waals surface area contributed by atoms with Gasteiger partial charge in [-0.3, -0.25) is 4.90 Å². The molecule has 1 saturated heterocycles. The molecule has 186 valence electrons. The predicted octanol–water partition coefficient (Wildman–Crippen LogP) is 3.81. The van der Waals surface area contributed by atoms with Crippen molar-refractivity contribution in [3.05, 3.63) is 58.6 Å². The second-order valence-corrected chi connectivity index (χ2v) is 14.5. The van der Waals surface area contributed by atoms with Crippen molar-refractivity contribution in [2.75, 3.05) is 30.9 Å². The van der Waals surface area contributed by atoms with Crippen molar-refractivity contribution < 1.29 is 21.6 Å². The topological polar surface area (TPSA) is 80.8 Å². The van der Waals surface area contributed by atoms with Crippen LogP contribution in [0.5, 0.6) is 5.75 Å². The Morgan fingerprint density at radius 3 is 2.47 bits per heavy atom. The summed E-state index contributed by atoms with van der Waals surface area (Å²) >= 11 is 6.22. The van der Waals surface area contributed by atoms with E-state index in [1.165, 1.54) is 23.3 Å². The Labute approximate surface area is 208 Å². The maximum absolute atomic E-state index is 12.4. The quantitative estimate of drug-likeness (QED) is 0.521. The highest BCUT2D eigenvalue weighted by molar-refractivity contribution is 7.94. The van der Waals surface area contributed by atoms with Crippen molar-refractivity contribution in [2.45, 2.75) is 49.6 Å². The minimum atomic E-state index is -3.64. The lowest BCUT2D eigenvalue weighted by Crippen LogP contribution is -2.41. The Morgan fingerprint density at radius 1 is 1.03 bits per heavy atom. The Bertz CT molecular complexity index is 1230. The number of rotatable bonds is 8. The molecule has 2 aromatic carbocycles. The monoisotopic (exact) mass is 525 g/mol. The van der Waals surface area contributed by atoms with Gasteiger partial charge in [0.25, 0.3) is 0 Å². The molecule has 0 radical (unpaired) electrons. The molecule has 1 heterocycles. The second-order valence-electron chi connectivity index (χ2n) is 9.69. The molecule has 3 atom stereocenters. The molecule has 0 N–H and O–H groups in total. The molecule has 1 aliphatic heterocycles. The fraction of sp³-hybridized carbons (Fsp3) is 0.520. The minimum Gasteiger partial charge on any atom is -0.493 e. The van der Waals surface area contributed by atoms with Crippen LogP contribution in [0.15, 0.2) is 47.4 Å². The number of hydrogen-bond donors (Lipinski definition) is 0. The summed E-state index contributed by atoms with van der Waals surface area (Å²) in [4.78, 5) is 2.72. The SMILES string of the molecule is C[C@@H]1C[C@H](COc2ccc(S(=O)(=O)CCS(C)(=O)=O)cc2)CN1[C@@H]1CCc2ccc(Cl)cc2C1. The van der Waals surface area contributed by atoms with Gasteiger partial charge in [0, 0.05) is 35.8 Å². The minimum absolute atomic E-state index is 0.113. The lowest BCUT2D eigenvalue weighted by molar-refractivity contribution is 0.164. The summed E-state index contributed by atoms with van der Waals surface area (Å²) in [6.07, 6.45) is 5.37. The third kappa shape index (κ3) is 6.33. The van der Waals surface area contributed by atoms with Gasteiger partial charge in [0.15, 0.2) is 9.84 Å². The maximum atomic E-state index is 12.4. The van der Waals surface area contributed by atoms with E-state index < -0.39 is 25.4 Å². The van der Waals surface area contributed by atoms with E-state index in [1.807, 2.05) is 6.07 Å². The molecule has 6 nitrogen and oxygen atoms in total. The van der Waals surface area contributed by atoms with Crippen LogP contribution in [0.25, 0.3) is 0 Å². The van der Waals surface area contributed by atoms with Crippen LogP contribution in [-0.2, 0) is 32.5 Å². The van der Waals surface area contributed by atoms with E-state index in [-0.39, 0.29) is 10.6 Å². The highest BCUT2D eigenvalue weighted by Gasteiger charge is 2.35. The number of sulfone groups is 2. The van der Waals surface area contributed by atoms with E-state index in [0.29, 0.717) is 30.4 Å². The summed E-state index contributed by atoms with van der Waals surface area (Å²) in [5.41, 5.74) is 2.77. The van der Waals surface area contributed by atoms with Crippen molar-refractivity contribution in [3.63, 3.8) is 0 Å². The maximum Gasteiger partial charge on any atom is 0.179 e. The standard InChI is InChI=1S/C25H32ClNO5S2/c1-18-13-19(16-27(18)23-6-4-20-3-5-22(26)14-21(20)15-23)17-32-24-7-9-25(10-8-24)34(30,31)12-11-33(2,28)29/h3,5,7-10,14,18-19,23H,4,6,11-13,15-17H2,1-2H3/t18-,19+,23-/m1/s1. The van der Waals surface area contributed by atoms with Crippen molar-refractivity contribution >= 4 is 31.3 Å². The predicted molar refractivity (Wildman–Crippen MR) is 135 cm³/mol. The molecule has 2 aromatic rings. The zero-order chi connectivity index (χ0) is 24.5. The van der Waals surface area contributed by atoms with Gasteiger partial charge in [0.05, 0.1) is 23.0 Å². The Balaban J connectivity index is 1.31. The van der Waals surface area contributed by atoms with Gasteiger partial charge in [-0.25, -0.2) is 16.8 Å². The molecular weight excluding hydrogens is 494 g/mol. The van der Waals surface area contributed by atoms with Gasteiger partial charge in [0.2, 0.25) is 0 Å². The van der Waals surface area contributed by atoms with Gasteiger partial charge in [-0.2, -0.15) is 0 Å². The fourth-order valence-electron chi connectivity index (χ4n) is 5.13. The Hall–Kier alpha value is -1.61. The lowest BCUT2D eigenvalue weighted by Gasteiger charge is -2.35. The van der Waals surface area contributed by atoms with Gasteiger partial charge in [-0.1, -0.05) is 17.7 Å². The molecule has 1 aliphatic carbocycles. The van der Waals surface area contributed by atoms with E-state index in [2.05, 4.69) is 24.0 Å². The second kappa shape index (κ2) is 10.2. The first kappa shape index (κ1) is 25.5. The molecule has 0 amide bonds. The first-order valence-corrected chi connectivity index (χ1v) is 15.8. The van der Waals surface area contributed by atoms with Crippen molar-refractivity contribution in [1.29, 1.82) is 0 Å². The van der Waals surface area contributed by atoms with Crippen LogP contribution in [0.3, 0.4) is 0 Å². The van der Waals surface area contributed by atoms with Crippen LogP contribution < -0.4 is 4.74 Å². The fourth-order valence-corrected chi connectivity index (χ4v) is 8.20. The number of halogens is 1. The number of nitrogens with zero attached hydrogens (tertiary/aromatic N) is 1. The summed E-state index contributed by atoms with van der Waals surface area (Å²) in [5, 5.41) is 0.800. The van der Waals surface area contributed by atoms with Crippen LogP contribution >= 0.6 is 11.6 Å². The van der Waals surface area contributed by atoms with Crippen molar-refractivity contribution in [3.8, 4) is 5.75 Å². The van der Waals surface area contributed by atoms with E-state index in [1.54, 1.807) is 12.1 Å². The van der Waals surface area contributed by atoms with Gasteiger partial charge in [-0.05, 0) is 80.1 Å². The van der Waals surface area contributed by atoms with E-state index in [0.717, 1.165) is 43.5 Å². The summed E-state index contributed by atoms with van der Waals surface area (Å²) in [6, 6.07) is 13.5. The van der Waals surface area contributed by atoms with Gasteiger partial charge < -0.3 is 4.74 Å². The molecule has 0 unspecified atom stereocenters. The number of fused-ring (bicyclic) bond motifs is 1. The highest BCUT2D eigenvalue weighted by atomic mass is 35.5. The number of hydrogen-bond acceptors (Lipinski definition) is 6. The number of likely N-dealkylation sites (tertiary alicyclic amines) is 1. The zero-order valence-corrected chi connectivity index (χ0v) is 22.0. The van der Waals surface area contributed by atoms with Crippen LogP contribution in [0.2, 0.25) is 5.02 Å². The third-order valence-electron chi connectivity index (χ3n) is 6.94. The smallest absolute Gasteiger partial charge is 0.179 e. The van der Waals surface area contributed by atoms with Crippen LogP contribution in [-0.4, -0.2) is 64.7 Å². The van der Waals surface area contributed by atoms with E-state index in [9.17, 15) is 16.8 Å². The van der Waals surface area contributed by atoms with Crippen molar-refractivity contribution in [1.82, 2.24) is 4.90 Å². The molecule has 34 heavy (non-hydrogen) atoms. The van der Waals surface area contributed by atoms with E-state index >= 15 is 0 Å². The largest absolute Gasteiger partial charge is 0.493 e. The molecule has 0 spiro atoms. The Morgan fingerprint density at radius 2 is 1.76 bits per heavy atom. The lowest BCUT2D eigenvalue weighted by atomic mass is 9.87. The first-order chi connectivity index (χ1) is 16.0. The third-order valence-corrected chi connectivity index (χ3v) is 10.1. The number of ether oxygens (including phenoxy) is 1. The van der Waals surface area contributed by atoms with Crippen molar-refractivity contribution in [2.24, 2.45) is 5.92 Å². The van der Waals surface area contributed by atoms with Crippen LogP contribution in [0.1, 0.15) is 30.9 Å². The zero-order valence-electron chi connectivity index (χ0n) is 19.6. The summed E-state index contributed by atoms with van der Waals surface area (Å²) in [7, 11) is -6.98. The van der Waals surface area contributed by atoms with Gasteiger partial charge >= 0.3 is 0 Å². The molecule has 0 aromatic heterocycles.